The van der Waals surface area contributed by atoms with Crippen LogP contribution >= 0.6 is 11.6 Å². The van der Waals surface area contributed by atoms with Gasteiger partial charge in [0.15, 0.2) is 0 Å². The van der Waals surface area contributed by atoms with Gasteiger partial charge in [0.25, 0.3) is 5.91 Å². The number of halogens is 1. The summed E-state index contributed by atoms with van der Waals surface area (Å²) in [7, 11) is 0. The normalized spacial score (nSPS) is 12.7. The van der Waals surface area contributed by atoms with Gasteiger partial charge in [-0.15, -0.1) is 11.6 Å². The van der Waals surface area contributed by atoms with E-state index in [2.05, 4.69) is 15.6 Å². The second kappa shape index (κ2) is 9.26. The third kappa shape index (κ3) is 4.95. The number of carbonyl (C=O) groups excluding carboxylic acids is 2. The van der Waals surface area contributed by atoms with E-state index in [1.807, 2.05) is 36.5 Å². The topological polar surface area (TPSA) is 97.8 Å². The molecular weight excluding hydrogens is 388 g/mol. The van der Waals surface area contributed by atoms with Gasteiger partial charge >= 0.3 is 0 Å². The highest BCUT2D eigenvalue weighted by molar-refractivity contribution is 6.17. The lowest BCUT2D eigenvalue weighted by molar-refractivity contribution is -0.123. The summed E-state index contributed by atoms with van der Waals surface area (Å²) in [6.45, 7) is 1.59. The first kappa shape index (κ1) is 20.4. The highest BCUT2D eigenvalue weighted by Crippen LogP contribution is 2.19. The number of rotatable bonds is 7. The van der Waals surface area contributed by atoms with Crippen LogP contribution in [0.4, 0.5) is 0 Å². The third-order valence-corrected chi connectivity index (χ3v) is 4.95. The average molecular weight is 409 g/mol. The van der Waals surface area contributed by atoms with Gasteiger partial charge in [-0.2, -0.15) is 5.26 Å². The number of para-hydroxylation sites is 1. The van der Waals surface area contributed by atoms with Crippen molar-refractivity contribution in [3.63, 3.8) is 0 Å². The van der Waals surface area contributed by atoms with Gasteiger partial charge in [-0.05, 0) is 36.2 Å². The lowest BCUT2D eigenvalue weighted by Crippen LogP contribution is -2.50. The van der Waals surface area contributed by atoms with Crippen molar-refractivity contribution in [2.45, 2.75) is 31.3 Å². The molecule has 1 aromatic heterocycles. The van der Waals surface area contributed by atoms with Gasteiger partial charge in [-0.1, -0.05) is 30.3 Å². The van der Waals surface area contributed by atoms with Crippen molar-refractivity contribution < 1.29 is 9.59 Å². The number of hydrogen-bond donors (Lipinski definition) is 3. The molecular formula is C22H21ClN4O2. The number of hydrogen-bond acceptors (Lipinski definition) is 3. The van der Waals surface area contributed by atoms with E-state index in [0.29, 0.717) is 17.9 Å². The lowest BCUT2D eigenvalue weighted by atomic mass is 10.0. The first-order chi connectivity index (χ1) is 14.0. The zero-order chi connectivity index (χ0) is 20.8. The fourth-order valence-corrected chi connectivity index (χ4v) is 3.24. The fraction of sp³-hybridized carbons (Fsp3) is 0.227. The molecule has 3 N–H and O–H groups in total. The van der Waals surface area contributed by atoms with Crippen molar-refractivity contribution in [3.8, 4) is 6.07 Å². The molecule has 0 saturated carbocycles. The van der Waals surface area contributed by atoms with Crippen LogP contribution in [0.2, 0.25) is 0 Å². The molecule has 2 aromatic carbocycles. The summed E-state index contributed by atoms with van der Waals surface area (Å²) in [4.78, 5) is 28.6. The number of alkyl halides is 1. The molecule has 29 heavy (non-hydrogen) atoms. The maximum Gasteiger partial charge on any atom is 0.251 e. The number of H-pyrrole nitrogens is 1. The zero-order valence-electron chi connectivity index (χ0n) is 15.9. The quantitative estimate of drug-likeness (QED) is 0.523. The number of nitrogens with one attached hydrogen (secondary N) is 3. The number of nitriles is 1. The highest BCUT2D eigenvalue weighted by Gasteiger charge is 2.24. The monoisotopic (exact) mass is 408 g/mol. The van der Waals surface area contributed by atoms with E-state index < -0.39 is 18.0 Å². The summed E-state index contributed by atoms with van der Waals surface area (Å²) in [6, 6.07) is 15.1. The van der Waals surface area contributed by atoms with Crippen molar-refractivity contribution in [1.82, 2.24) is 15.6 Å². The SMILES string of the molecule is CC(C#N)NC(=O)C(Cc1c[nH]c2ccccc12)NC(=O)c1ccc(CCl)cc1. The molecule has 2 atom stereocenters. The molecule has 0 saturated heterocycles. The van der Waals surface area contributed by atoms with Crippen LogP contribution < -0.4 is 10.6 Å². The summed E-state index contributed by atoms with van der Waals surface area (Å²) in [6.07, 6.45) is 2.12. The second-order valence-electron chi connectivity index (χ2n) is 6.78. The standard InChI is InChI=1S/C22H21ClN4O2/c1-14(12-24)26-22(29)20(10-17-13-25-19-5-3-2-4-18(17)19)27-21(28)16-8-6-15(11-23)7-9-16/h2-9,13-14,20,25H,10-11H2,1H3,(H,26,29)(H,27,28). The van der Waals surface area contributed by atoms with Crippen molar-refractivity contribution in [1.29, 1.82) is 5.26 Å². The molecule has 0 aliphatic rings. The zero-order valence-corrected chi connectivity index (χ0v) is 16.7. The largest absolute Gasteiger partial charge is 0.361 e. The minimum Gasteiger partial charge on any atom is -0.361 e. The first-order valence-electron chi connectivity index (χ1n) is 9.22. The summed E-state index contributed by atoms with van der Waals surface area (Å²) >= 11 is 5.79. The van der Waals surface area contributed by atoms with Crippen LogP contribution in [0, 0.1) is 11.3 Å². The van der Waals surface area contributed by atoms with E-state index in [9.17, 15) is 9.59 Å². The third-order valence-electron chi connectivity index (χ3n) is 4.64. The first-order valence-corrected chi connectivity index (χ1v) is 9.76. The molecule has 0 fully saturated rings. The fourth-order valence-electron chi connectivity index (χ4n) is 3.06. The summed E-state index contributed by atoms with van der Waals surface area (Å²) in [5.74, 6) is -0.412. The molecule has 3 rings (SSSR count). The van der Waals surface area contributed by atoms with Gasteiger partial charge in [0.05, 0.1) is 6.07 Å². The van der Waals surface area contributed by atoms with E-state index in [4.69, 9.17) is 16.9 Å². The highest BCUT2D eigenvalue weighted by atomic mass is 35.5. The Morgan fingerprint density at radius 2 is 1.86 bits per heavy atom. The lowest BCUT2D eigenvalue weighted by Gasteiger charge is -2.19. The smallest absolute Gasteiger partial charge is 0.251 e. The molecule has 2 unspecified atom stereocenters. The van der Waals surface area contributed by atoms with Crippen LogP contribution in [0.5, 0.6) is 0 Å². The van der Waals surface area contributed by atoms with Crippen molar-refractivity contribution in [2.24, 2.45) is 0 Å². The molecule has 0 aliphatic carbocycles. The predicted octanol–water partition coefficient (Wildman–Crippen LogP) is 3.28. The van der Waals surface area contributed by atoms with Crippen LogP contribution in [0.25, 0.3) is 10.9 Å². The Hall–Kier alpha value is -3.30. The number of benzene rings is 2. The van der Waals surface area contributed by atoms with Crippen LogP contribution in [-0.2, 0) is 17.1 Å². The second-order valence-corrected chi connectivity index (χ2v) is 7.05. The summed E-state index contributed by atoms with van der Waals surface area (Å²) < 4.78 is 0. The number of nitrogens with zero attached hydrogens (tertiary/aromatic N) is 1. The Kier molecular flexibility index (Phi) is 6.53. The molecule has 6 nitrogen and oxygen atoms in total. The minimum absolute atomic E-state index is 0.291. The Balaban J connectivity index is 1.83. The number of aromatic amines is 1. The molecule has 0 radical (unpaired) electrons. The molecule has 0 spiro atoms. The summed E-state index contributed by atoms with van der Waals surface area (Å²) in [5, 5.41) is 15.4. The molecule has 7 heteroatoms. The average Bonchev–Trinajstić information content (AvgIpc) is 3.16. The van der Waals surface area contributed by atoms with Crippen LogP contribution in [-0.4, -0.2) is 28.9 Å². The number of fused-ring (bicyclic) bond motifs is 1. The van der Waals surface area contributed by atoms with Crippen LogP contribution in [0.3, 0.4) is 0 Å². The molecule has 1 heterocycles. The van der Waals surface area contributed by atoms with Crippen molar-refractivity contribution in [2.75, 3.05) is 0 Å². The van der Waals surface area contributed by atoms with E-state index in [-0.39, 0.29) is 5.91 Å². The Labute approximate surface area is 173 Å². The van der Waals surface area contributed by atoms with Crippen molar-refractivity contribution >= 4 is 34.3 Å². The predicted molar refractivity (Wildman–Crippen MR) is 112 cm³/mol. The maximum atomic E-state index is 12.7. The maximum absolute atomic E-state index is 12.7. The minimum atomic E-state index is -0.829. The number of aromatic nitrogens is 1. The van der Waals surface area contributed by atoms with E-state index >= 15 is 0 Å². The van der Waals surface area contributed by atoms with E-state index in [1.165, 1.54) is 0 Å². The van der Waals surface area contributed by atoms with Gasteiger partial charge in [0.1, 0.15) is 12.1 Å². The van der Waals surface area contributed by atoms with Crippen molar-refractivity contribution in [3.05, 3.63) is 71.4 Å². The Morgan fingerprint density at radius 1 is 1.14 bits per heavy atom. The van der Waals surface area contributed by atoms with Crippen LogP contribution in [0.15, 0.2) is 54.7 Å². The molecule has 2 amide bonds. The Bertz CT molecular complexity index is 1050. The Morgan fingerprint density at radius 3 is 2.55 bits per heavy atom. The number of amides is 2. The number of carbonyl (C=O) groups is 2. The molecule has 0 aliphatic heterocycles. The van der Waals surface area contributed by atoms with Crippen LogP contribution in [0.1, 0.15) is 28.4 Å². The van der Waals surface area contributed by atoms with Gasteiger partial charge < -0.3 is 15.6 Å². The van der Waals surface area contributed by atoms with Gasteiger partial charge in [0.2, 0.25) is 5.91 Å². The molecule has 0 bridgehead atoms. The molecule has 148 valence electrons. The summed E-state index contributed by atoms with van der Waals surface area (Å²) in [5.41, 5.74) is 3.20. The van der Waals surface area contributed by atoms with E-state index in [1.54, 1.807) is 31.2 Å². The van der Waals surface area contributed by atoms with Gasteiger partial charge in [-0.25, -0.2) is 0 Å². The van der Waals surface area contributed by atoms with Gasteiger partial charge in [0, 0.05) is 35.0 Å². The van der Waals surface area contributed by atoms with E-state index in [0.717, 1.165) is 22.0 Å². The molecule has 3 aromatic rings. The van der Waals surface area contributed by atoms with Gasteiger partial charge in [-0.3, -0.25) is 9.59 Å².